The quantitative estimate of drug-likeness (QED) is 0.703. The summed E-state index contributed by atoms with van der Waals surface area (Å²) in [4.78, 5) is 14.0. The Labute approximate surface area is 115 Å². The van der Waals surface area contributed by atoms with Gasteiger partial charge < -0.3 is 0 Å². The molecule has 1 aromatic heterocycles. The highest BCUT2D eigenvalue weighted by atomic mass is 79.9. The van der Waals surface area contributed by atoms with Gasteiger partial charge in [0.15, 0.2) is 0 Å². The Morgan fingerprint density at radius 2 is 2.00 bits per heavy atom. The van der Waals surface area contributed by atoms with Crippen molar-refractivity contribution < 1.29 is 4.79 Å². The second-order valence-electron chi connectivity index (χ2n) is 3.35. The van der Waals surface area contributed by atoms with Crippen LogP contribution in [0.1, 0.15) is 20.1 Å². The first-order valence-electron chi connectivity index (χ1n) is 4.64. The summed E-state index contributed by atoms with van der Waals surface area (Å²) in [6, 6.07) is 9.32. The van der Waals surface area contributed by atoms with Gasteiger partial charge in [-0.05, 0) is 41.1 Å². The lowest BCUT2D eigenvalue weighted by Crippen LogP contribution is -1.97. The van der Waals surface area contributed by atoms with E-state index in [0.29, 0.717) is 5.56 Å². The molecule has 4 heteroatoms. The van der Waals surface area contributed by atoms with Crippen LogP contribution in [0.5, 0.6) is 0 Å². The van der Waals surface area contributed by atoms with Crippen LogP contribution >= 0.6 is 43.2 Å². The fourth-order valence-electron chi connectivity index (χ4n) is 1.34. The molecular weight excluding hydrogens is 352 g/mol. The van der Waals surface area contributed by atoms with Gasteiger partial charge in [0.25, 0.3) is 0 Å². The van der Waals surface area contributed by atoms with Crippen LogP contribution in [-0.4, -0.2) is 5.78 Å². The summed E-state index contributed by atoms with van der Waals surface area (Å²) in [6.07, 6.45) is 0. The summed E-state index contributed by atoms with van der Waals surface area (Å²) in [6.45, 7) is 1.99. The number of carbonyl (C=O) groups is 1. The van der Waals surface area contributed by atoms with Gasteiger partial charge in [-0.15, -0.1) is 11.3 Å². The third-order valence-corrected chi connectivity index (χ3v) is 4.80. The van der Waals surface area contributed by atoms with E-state index in [1.54, 1.807) is 0 Å². The molecule has 0 saturated carbocycles. The Kier molecular flexibility index (Phi) is 3.62. The molecule has 1 heterocycles. The average molecular weight is 360 g/mol. The normalized spacial score (nSPS) is 10.4. The smallest absolute Gasteiger partial charge is 0.203 e. The summed E-state index contributed by atoms with van der Waals surface area (Å²) in [5.41, 5.74) is 0.711. The second-order valence-corrected chi connectivity index (χ2v) is 6.38. The number of carbonyl (C=O) groups excluding carboxylic acids is 1. The lowest BCUT2D eigenvalue weighted by atomic mass is 10.1. The van der Waals surface area contributed by atoms with Gasteiger partial charge in [-0.25, -0.2) is 0 Å². The van der Waals surface area contributed by atoms with E-state index >= 15 is 0 Å². The second kappa shape index (κ2) is 4.82. The lowest BCUT2D eigenvalue weighted by Gasteiger charge is -1.98. The first-order valence-corrected chi connectivity index (χ1v) is 7.04. The number of aryl methyl sites for hydroxylation is 1. The summed E-state index contributed by atoms with van der Waals surface area (Å²) < 4.78 is 1.92. The number of halogens is 2. The number of hydrogen-bond acceptors (Lipinski definition) is 2. The zero-order chi connectivity index (χ0) is 11.7. The van der Waals surface area contributed by atoms with Crippen molar-refractivity contribution in [2.45, 2.75) is 6.92 Å². The number of hydrogen-bond donors (Lipinski definition) is 0. The molecule has 16 heavy (non-hydrogen) atoms. The molecule has 0 unspecified atom stereocenters. The molecule has 1 aromatic carbocycles. The van der Waals surface area contributed by atoms with Crippen molar-refractivity contribution in [2.75, 3.05) is 0 Å². The van der Waals surface area contributed by atoms with Gasteiger partial charge in [-0.2, -0.15) is 0 Å². The van der Waals surface area contributed by atoms with Crippen molar-refractivity contribution >= 4 is 49.0 Å². The third kappa shape index (κ3) is 2.44. The molecule has 0 amide bonds. The highest BCUT2D eigenvalue weighted by Crippen LogP contribution is 2.28. The zero-order valence-corrected chi connectivity index (χ0v) is 12.4. The van der Waals surface area contributed by atoms with E-state index in [9.17, 15) is 4.79 Å². The maximum absolute atomic E-state index is 12.1. The summed E-state index contributed by atoms with van der Waals surface area (Å²) in [7, 11) is 0. The third-order valence-electron chi connectivity index (χ3n) is 2.17. The van der Waals surface area contributed by atoms with E-state index in [4.69, 9.17) is 0 Å². The molecule has 0 radical (unpaired) electrons. The van der Waals surface area contributed by atoms with Crippen LogP contribution in [0.4, 0.5) is 0 Å². The van der Waals surface area contributed by atoms with Crippen molar-refractivity contribution in [2.24, 2.45) is 0 Å². The average Bonchev–Trinajstić information content (AvgIpc) is 2.58. The molecule has 0 spiro atoms. The van der Waals surface area contributed by atoms with Gasteiger partial charge in [0, 0.05) is 19.4 Å². The molecule has 2 aromatic rings. The monoisotopic (exact) mass is 358 g/mol. The van der Waals surface area contributed by atoms with Crippen LogP contribution in [0.25, 0.3) is 0 Å². The van der Waals surface area contributed by atoms with Gasteiger partial charge in [0.1, 0.15) is 0 Å². The lowest BCUT2D eigenvalue weighted by molar-refractivity contribution is 0.104. The fourth-order valence-corrected chi connectivity index (χ4v) is 3.24. The number of benzene rings is 1. The van der Waals surface area contributed by atoms with Gasteiger partial charge in [-0.3, -0.25) is 4.79 Å². The van der Waals surface area contributed by atoms with Gasteiger partial charge >= 0.3 is 0 Å². The van der Waals surface area contributed by atoms with Crippen LogP contribution in [0.3, 0.4) is 0 Å². The molecule has 2 rings (SSSR count). The zero-order valence-electron chi connectivity index (χ0n) is 8.46. The van der Waals surface area contributed by atoms with E-state index in [1.165, 1.54) is 11.3 Å². The van der Waals surface area contributed by atoms with E-state index in [0.717, 1.165) is 18.7 Å². The predicted molar refractivity (Wildman–Crippen MR) is 74.3 cm³/mol. The Hall–Kier alpha value is -0.450. The van der Waals surface area contributed by atoms with Crippen LogP contribution in [0.2, 0.25) is 0 Å². The Morgan fingerprint density at radius 1 is 1.25 bits per heavy atom. The molecule has 0 N–H and O–H groups in total. The molecule has 1 nitrogen and oxygen atoms in total. The summed E-state index contributed by atoms with van der Waals surface area (Å²) >= 11 is 8.30. The molecule has 82 valence electrons. The van der Waals surface area contributed by atoms with Crippen molar-refractivity contribution in [1.82, 2.24) is 0 Å². The molecular formula is C12H8Br2OS. The van der Waals surface area contributed by atoms with Gasteiger partial charge in [0.2, 0.25) is 5.78 Å². The Morgan fingerprint density at radius 3 is 2.56 bits per heavy atom. The van der Waals surface area contributed by atoms with E-state index in [-0.39, 0.29) is 5.78 Å². The highest BCUT2D eigenvalue weighted by molar-refractivity contribution is 9.10. The maximum Gasteiger partial charge on any atom is 0.203 e. The van der Waals surface area contributed by atoms with Crippen molar-refractivity contribution in [3.63, 3.8) is 0 Å². The van der Waals surface area contributed by atoms with Gasteiger partial charge in [-0.1, -0.05) is 28.1 Å². The SMILES string of the molecule is Cc1sc(C(=O)c2cccc(Br)c2)cc1Br. The minimum atomic E-state index is 0.0695. The van der Waals surface area contributed by atoms with Crippen LogP contribution in [0, 0.1) is 6.92 Å². The largest absolute Gasteiger partial charge is 0.288 e. The Bertz CT molecular complexity index is 526. The minimum absolute atomic E-state index is 0.0695. The molecule has 0 saturated heterocycles. The minimum Gasteiger partial charge on any atom is -0.288 e. The number of ketones is 1. The van der Waals surface area contributed by atoms with Crippen LogP contribution in [0.15, 0.2) is 39.3 Å². The predicted octanol–water partition coefficient (Wildman–Crippen LogP) is 4.81. The molecule has 0 aliphatic rings. The highest BCUT2D eigenvalue weighted by Gasteiger charge is 2.13. The van der Waals surface area contributed by atoms with Crippen molar-refractivity contribution in [3.05, 3.63) is 54.6 Å². The first-order chi connectivity index (χ1) is 7.58. The van der Waals surface area contributed by atoms with Crippen molar-refractivity contribution in [3.8, 4) is 0 Å². The molecule has 0 atom stereocenters. The van der Waals surface area contributed by atoms with E-state index < -0.39 is 0 Å². The van der Waals surface area contributed by atoms with E-state index in [1.807, 2.05) is 37.3 Å². The van der Waals surface area contributed by atoms with Crippen LogP contribution < -0.4 is 0 Å². The number of thiophene rings is 1. The molecule has 0 aliphatic heterocycles. The van der Waals surface area contributed by atoms with E-state index in [2.05, 4.69) is 31.9 Å². The topological polar surface area (TPSA) is 17.1 Å². The first kappa shape index (κ1) is 12.0. The number of rotatable bonds is 2. The summed E-state index contributed by atoms with van der Waals surface area (Å²) in [5.74, 6) is 0.0695. The molecule has 0 bridgehead atoms. The maximum atomic E-state index is 12.1. The summed E-state index contributed by atoms with van der Waals surface area (Å²) in [5, 5.41) is 0. The molecule has 0 aliphatic carbocycles. The van der Waals surface area contributed by atoms with Crippen LogP contribution in [-0.2, 0) is 0 Å². The standard InChI is InChI=1S/C12H8Br2OS/c1-7-10(14)6-11(16-7)12(15)8-3-2-4-9(13)5-8/h2-6H,1H3. The van der Waals surface area contributed by atoms with Crippen molar-refractivity contribution in [1.29, 1.82) is 0 Å². The fraction of sp³-hybridized carbons (Fsp3) is 0.0833. The van der Waals surface area contributed by atoms with Gasteiger partial charge in [0.05, 0.1) is 4.88 Å². The Balaban J connectivity index is 2.39. The molecule has 0 fully saturated rings.